The maximum absolute atomic E-state index is 12.3. The van der Waals surface area contributed by atoms with Gasteiger partial charge in [-0.1, -0.05) is 0 Å². The Morgan fingerprint density at radius 3 is 2.23 bits per heavy atom. The molecule has 0 aliphatic heterocycles. The van der Waals surface area contributed by atoms with Gasteiger partial charge in [-0.2, -0.15) is 5.26 Å². The zero-order valence-electron chi connectivity index (χ0n) is 11.9. The van der Waals surface area contributed by atoms with Crippen LogP contribution < -0.4 is 4.74 Å². The molecule has 0 radical (unpaired) electrons. The molecule has 1 aromatic rings. The molecule has 0 unspecified atom stereocenters. The van der Waals surface area contributed by atoms with E-state index in [4.69, 9.17) is 16.6 Å². The molecule has 0 saturated heterocycles. The summed E-state index contributed by atoms with van der Waals surface area (Å²) in [6.07, 6.45) is 2.14. The Labute approximate surface area is 128 Å². The Kier molecular flexibility index (Phi) is 3.65. The van der Waals surface area contributed by atoms with E-state index in [9.17, 15) is 9.59 Å². The predicted octanol–water partition coefficient (Wildman–Crippen LogP) is 2.81. The van der Waals surface area contributed by atoms with Crippen LogP contribution in [0.15, 0.2) is 18.2 Å². The smallest absolute Gasteiger partial charge is 0.215 e. The number of hydrogen-bond donors (Lipinski definition) is 0. The van der Waals surface area contributed by atoms with Gasteiger partial charge in [0.2, 0.25) is 6.10 Å². The highest BCUT2D eigenvalue weighted by molar-refractivity contribution is 6.08. The van der Waals surface area contributed by atoms with Crippen molar-refractivity contribution in [1.29, 1.82) is 5.26 Å². The Bertz CT molecular complexity index is 662. The van der Waals surface area contributed by atoms with Gasteiger partial charge < -0.3 is 4.74 Å². The lowest BCUT2D eigenvalue weighted by atomic mass is 10.0. The van der Waals surface area contributed by atoms with Gasteiger partial charge in [0.15, 0.2) is 17.3 Å². The Balaban J connectivity index is 1.86. The second-order valence-corrected chi connectivity index (χ2v) is 5.79. The third kappa shape index (κ3) is 2.99. The maximum Gasteiger partial charge on any atom is 0.215 e. The third-order valence-electron chi connectivity index (χ3n) is 3.88. The van der Waals surface area contributed by atoms with Gasteiger partial charge in [-0.25, -0.2) is 4.85 Å². The molecule has 0 amide bonds. The Morgan fingerprint density at radius 1 is 1.18 bits per heavy atom. The van der Waals surface area contributed by atoms with Crippen LogP contribution in [0.4, 0.5) is 5.69 Å². The zero-order chi connectivity index (χ0) is 15.7. The van der Waals surface area contributed by atoms with Crippen molar-refractivity contribution in [1.82, 2.24) is 0 Å². The van der Waals surface area contributed by atoms with Crippen LogP contribution in [0, 0.1) is 29.7 Å². The lowest BCUT2D eigenvalue weighted by Crippen LogP contribution is -2.38. The number of nitriles is 1. The van der Waals surface area contributed by atoms with Gasteiger partial charge in [0.25, 0.3) is 0 Å². The molecule has 22 heavy (non-hydrogen) atoms. The number of carbonyl (C=O) groups is 2. The molecule has 2 aliphatic carbocycles. The van der Waals surface area contributed by atoms with Gasteiger partial charge in [0.1, 0.15) is 5.75 Å². The number of nitrogens with zero attached hydrogens (tertiary/aromatic N) is 2. The molecule has 0 aromatic heterocycles. The van der Waals surface area contributed by atoms with E-state index in [0.29, 0.717) is 0 Å². The normalized spacial score (nSPS) is 16.7. The number of carbonyl (C=O) groups excluding carboxylic acids is 2. The van der Waals surface area contributed by atoms with E-state index < -0.39 is 6.10 Å². The first kappa shape index (κ1) is 14.3. The second-order valence-electron chi connectivity index (χ2n) is 5.79. The topological polar surface area (TPSA) is 71.5 Å². The van der Waals surface area contributed by atoms with Crippen LogP contribution in [0.5, 0.6) is 5.75 Å². The van der Waals surface area contributed by atoms with Crippen LogP contribution in [0.25, 0.3) is 4.85 Å². The largest absolute Gasteiger partial charge is 0.476 e. The molecule has 0 N–H and O–H groups in total. The summed E-state index contributed by atoms with van der Waals surface area (Å²) in [6.45, 7) is 7.05. The molecule has 0 spiro atoms. The summed E-state index contributed by atoms with van der Waals surface area (Å²) >= 11 is 0. The van der Waals surface area contributed by atoms with E-state index in [2.05, 4.69) is 4.85 Å². The molecule has 2 fully saturated rings. The highest BCUT2D eigenvalue weighted by Crippen LogP contribution is 2.37. The van der Waals surface area contributed by atoms with Crippen LogP contribution in [-0.2, 0) is 9.59 Å². The van der Waals surface area contributed by atoms with Gasteiger partial charge in [-0.15, -0.1) is 0 Å². The van der Waals surface area contributed by atoms with E-state index in [-0.39, 0.29) is 40.4 Å². The van der Waals surface area contributed by atoms with Crippen molar-refractivity contribution in [2.75, 3.05) is 0 Å². The highest BCUT2D eigenvalue weighted by Gasteiger charge is 2.44. The van der Waals surface area contributed by atoms with Crippen molar-refractivity contribution in [3.63, 3.8) is 0 Å². The van der Waals surface area contributed by atoms with E-state index in [1.165, 1.54) is 18.2 Å². The fraction of sp³-hybridized carbons (Fsp3) is 0.412. The molecule has 2 aliphatic rings. The Hall–Kier alpha value is -2.66. The number of Topliss-reactive ketones (excluding diaryl/α,β-unsaturated/α-hetero) is 2. The summed E-state index contributed by atoms with van der Waals surface area (Å²) in [4.78, 5) is 27.9. The molecule has 110 valence electrons. The summed E-state index contributed by atoms with van der Waals surface area (Å²) in [5.74, 6) is -0.246. The van der Waals surface area contributed by atoms with Crippen molar-refractivity contribution in [2.45, 2.75) is 31.8 Å². The minimum atomic E-state index is -1.09. The van der Waals surface area contributed by atoms with Crippen LogP contribution in [0.3, 0.4) is 0 Å². The van der Waals surface area contributed by atoms with E-state index in [0.717, 1.165) is 25.7 Å². The second kappa shape index (κ2) is 5.61. The number of ether oxygens (including phenoxy) is 1. The fourth-order valence-electron chi connectivity index (χ4n) is 2.34. The van der Waals surface area contributed by atoms with Crippen molar-refractivity contribution >= 4 is 17.3 Å². The van der Waals surface area contributed by atoms with Crippen molar-refractivity contribution < 1.29 is 14.3 Å². The molecule has 5 heteroatoms. The number of rotatable bonds is 6. The fourth-order valence-corrected chi connectivity index (χ4v) is 2.34. The van der Waals surface area contributed by atoms with Gasteiger partial charge in [-0.3, -0.25) is 9.59 Å². The highest BCUT2D eigenvalue weighted by atomic mass is 16.5. The molecule has 0 heterocycles. The third-order valence-corrected chi connectivity index (χ3v) is 3.88. The molecular weight excluding hydrogens is 280 g/mol. The minimum absolute atomic E-state index is 0.0767. The van der Waals surface area contributed by atoms with E-state index >= 15 is 0 Å². The predicted molar refractivity (Wildman–Crippen MR) is 77.3 cm³/mol. The Morgan fingerprint density at radius 2 is 1.77 bits per heavy atom. The zero-order valence-corrected chi connectivity index (χ0v) is 11.9. The molecule has 3 rings (SSSR count). The van der Waals surface area contributed by atoms with E-state index in [1.807, 2.05) is 6.07 Å². The van der Waals surface area contributed by atoms with Gasteiger partial charge in [0, 0.05) is 17.4 Å². The summed E-state index contributed by atoms with van der Waals surface area (Å²) in [5.41, 5.74) is 0.533. The van der Waals surface area contributed by atoms with Crippen molar-refractivity contribution in [3.8, 4) is 11.8 Å². The first-order chi connectivity index (χ1) is 10.6. The van der Waals surface area contributed by atoms with E-state index in [1.54, 1.807) is 0 Å². The minimum Gasteiger partial charge on any atom is -0.476 e. The molecule has 0 atom stereocenters. The lowest BCUT2D eigenvalue weighted by Gasteiger charge is -2.17. The monoisotopic (exact) mass is 294 g/mol. The van der Waals surface area contributed by atoms with Crippen molar-refractivity contribution in [2.24, 2.45) is 11.8 Å². The van der Waals surface area contributed by atoms with Crippen LogP contribution in [0.1, 0.15) is 31.2 Å². The number of benzene rings is 1. The average molecular weight is 294 g/mol. The molecule has 2 saturated carbocycles. The standard InChI is InChI=1S/C17H14N2O3/c1-19-13-6-10(9-18)7-14(8-13)22-17(15(20)11-2-3-11)16(21)12-4-5-12/h6-8,11-12,17H,2-5H2. The first-order valence-electron chi connectivity index (χ1n) is 7.29. The average Bonchev–Trinajstić information content (AvgIpc) is 3.42. The molecule has 5 nitrogen and oxygen atoms in total. The molecular formula is C17H14N2O3. The van der Waals surface area contributed by atoms with Gasteiger partial charge in [-0.05, 0) is 43.9 Å². The maximum atomic E-state index is 12.3. The van der Waals surface area contributed by atoms with Gasteiger partial charge >= 0.3 is 0 Å². The summed E-state index contributed by atoms with van der Waals surface area (Å²) in [7, 11) is 0. The summed E-state index contributed by atoms with van der Waals surface area (Å²) in [5, 5.41) is 8.99. The van der Waals surface area contributed by atoms with Crippen molar-refractivity contribution in [3.05, 3.63) is 35.2 Å². The van der Waals surface area contributed by atoms with Crippen LogP contribution >= 0.6 is 0 Å². The number of hydrogen-bond acceptors (Lipinski definition) is 4. The van der Waals surface area contributed by atoms with Gasteiger partial charge in [0.05, 0.1) is 12.6 Å². The number of ketones is 2. The van der Waals surface area contributed by atoms with Crippen LogP contribution in [0.2, 0.25) is 0 Å². The quantitative estimate of drug-likeness (QED) is 0.597. The SMILES string of the molecule is [C-]#[N+]c1cc(C#N)cc(OC(C(=O)C2CC2)C(=O)C2CC2)c1. The summed E-state index contributed by atoms with van der Waals surface area (Å²) < 4.78 is 5.63. The van der Waals surface area contributed by atoms with Crippen LogP contribution in [-0.4, -0.2) is 17.7 Å². The molecule has 1 aromatic carbocycles. The molecule has 0 bridgehead atoms. The summed E-state index contributed by atoms with van der Waals surface area (Å²) in [6, 6.07) is 6.32. The first-order valence-corrected chi connectivity index (χ1v) is 7.29. The lowest BCUT2D eigenvalue weighted by molar-refractivity contribution is -0.138.